The summed E-state index contributed by atoms with van der Waals surface area (Å²) in [4.78, 5) is 4.32. The fourth-order valence-electron chi connectivity index (χ4n) is 4.02. The van der Waals surface area contributed by atoms with E-state index in [0.717, 1.165) is 5.39 Å². The molecule has 1 aliphatic rings. The van der Waals surface area contributed by atoms with Crippen molar-refractivity contribution in [3.05, 3.63) is 67.5 Å². The molecule has 7 heteroatoms. The second kappa shape index (κ2) is 6.79. The Bertz CT molecular complexity index is 1210. The molecule has 29 heavy (non-hydrogen) atoms. The molecule has 3 N–H and O–H groups in total. The summed E-state index contributed by atoms with van der Waals surface area (Å²) in [6.45, 7) is 3.88. The number of hydrogen-bond donors (Lipinski definition) is 3. The molecule has 6 nitrogen and oxygen atoms in total. The van der Waals surface area contributed by atoms with Crippen LogP contribution in [0.2, 0.25) is 0 Å². The SMILES string of the molecule is [CH2][C@@H]1C[C@@H](Nc2ccnc3cc(-c4ccc5ccccc5c4F)nn23)[C@H](O)[C@@H]1O. The van der Waals surface area contributed by atoms with Gasteiger partial charge in [0.1, 0.15) is 17.7 Å². The Morgan fingerprint density at radius 1 is 1.10 bits per heavy atom. The van der Waals surface area contributed by atoms with E-state index in [0.29, 0.717) is 34.5 Å². The molecule has 4 aromatic rings. The summed E-state index contributed by atoms with van der Waals surface area (Å²) in [6, 6.07) is 14.0. The number of benzene rings is 2. The van der Waals surface area contributed by atoms with Gasteiger partial charge in [-0.1, -0.05) is 30.3 Å². The van der Waals surface area contributed by atoms with Crippen LogP contribution in [0.15, 0.2) is 54.7 Å². The number of halogens is 1. The highest BCUT2D eigenvalue weighted by Gasteiger charge is 2.39. The second-order valence-electron chi connectivity index (χ2n) is 7.51. The number of anilines is 1. The Balaban J connectivity index is 1.55. The first-order valence-corrected chi connectivity index (χ1v) is 9.51. The predicted molar refractivity (Wildman–Crippen MR) is 109 cm³/mol. The molecule has 1 aliphatic carbocycles. The third kappa shape index (κ3) is 2.94. The third-order valence-corrected chi connectivity index (χ3v) is 5.63. The Labute approximate surface area is 166 Å². The zero-order valence-electron chi connectivity index (χ0n) is 15.5. The summed E-state index contributed by atoms with van der Waals surface area (Å²) in [6.07, 6.45) is 0.359. The Hall–Kier alpha value is -3.03. The van der Waals surface area contributed by atoms with Crippen LogP contribution in [0.4, 0.5) is 10.2 Å². The minimum Gasteiger partial charge on any atom is -0.390 e. The summed E-state index contributed by atoms with van der Waals surface area (Å²) in [5, 5.41) is 29.3. The predicted octanol–water partition coefficient (Wildman–Crippen LogP) is 3.04. The van der Waals surface area contributed by atoms with Crippen molar-refractivity contribution in [1.82, 2.24) is 14.6 Å². The summed E-state index contributed by atoms with van der Waals surface area (Å²) in [5.74, 6) is 0.0303. The number of fused-ring (bicyclic) bond motifs is 2. The first-order valence-electron chi connectivity index (χ1n) is 9.51. The Morgan fingerprint density at radius 2 is 1.93 bits per heavy atom. The average Bonchev–Trinajstić information content (AvgIpc) is 3.26. The molecule has 0 bridgehead atoms. The van der Waals surface area contributed by atoms with E-state index in [2.05, 4.69) is 22.3 Å². The molecular weight excluding hydrogens is 371 g/mol. The lowest BCUT2D eigenvalue weighted by Crippen LogP contribution is -2.35. The van der Waals surface area contributed by atoms with Crippen molar-refractivity contribution in [2.24, 2.45) is 5.92 Å². The Kier molecular flexibility index (Phi) is 4.22. The average molecular weight is 391 g/mol. The van der Waals surface area contributed by atoms with E-state index in [1.807, 2.05) is 18.2 Å². The zero-order chi connectivity index (χ0) is 20.1. The summed E-state index contributed by atoms with van der Waals surface area (Å²) in [5.41, 5.74) is 1.42. The minimum absolute atomic E-state index is 0.250. The molecule has 0 spiro atoms. The van der Waals surface area contributed by atoms with Gasteiger partial charge in [0.05, 0.1) is 17.8 Å². The molecule has 2 aromatic carbocycles. The van der Waals surface area contributed by atoms with Gasteiger partial charge in [-0.05, 0) is 36.8 Å². The van der Waals surface area contributed by atoms with Gasteiger partial charge in [0, 0.05) is 23.2 Å². The maximum absolute atomic E-state index is 15.1. The van der Waals surface area contributed by atoms with Crippen LogP contribution in [-0.2, 0) is 0 Å². The highest BCUT2D eigenvalue weighted by molar-refractivity contribution is 5.88. The monoisotopic (exact) mass is 391 g/mol. The highest BCUT2D eigenvalue weighted by Crippen LogP contribution is 2.31. The van der Waals surface area contributed by atoms with Crippen molar-refractivity contribution in [1.29, 1.82) is 0 Å². The molecule has 0 aliphatic heterocycles. The van der Waals surface area contributed by atoms with Gasteiger partial charge in [0.2, 0.25) is 0 Å². The second-order valence-corrected chi connectivity index (χ2v) is 7.51. The van der Waals surface area contributed by atoms with Gasteiger partial charge < -0.3 is 15.5 Å². The van der Waals surface area contributed by atoms with Crippen molar-refractivity contribution in [2.75, 3.05) is 5.32 Å². The van der Waals surface area contributed by atoms with Crippen LogP contribution < -0.4 is 5.32 Å². The smallest absolute Gasteiger partial charge is 0.157 e. The molecule has 147 valence electrons. The number of aliphatic hydroxyl groups is 2. The van der Waals surface area contributed by atoms with Crippen LogP contribution in [0.25, 0.3) is 27.7 Å². The van der Waals surface area contributed by atoms with Crippen LogP contribution in [0.5, 0.6) is 0 Å². The number of nitrogens with zero attached hydrogens (tertiary/aromatic N) is 3. The lowest BCUT2D eigenvalue weighted by atomic mass is 10.0. The fourth-order valence-corrected chi connectivity index (χ4v) is 4.02. The van der Waals surface area contributed by atoms with Gasteiger partial charge in [-0.3, -0.25) is 0 Å². The topological polar surface area (TPSA) is 82.7 Å². The highest BCUT2D eigenvalue weighted by atomic mass is 19.1. The third-order valence-electron chi connectivity index (χ3n) is 5.63. The van der Waals surface area contributed by atoms with Crippen molar-refractivity contribution in [3.8, 4) is 11.3 Å². The molecule has 0 amide bonds. The molecule has 5 rings (SSSR count). The van der Waals surface area contributed by atoms with Crippen LogP contribution >= 0.6 is 0 Å². The van der Waals surface area contributed by atoms with Gasteiger partial charge in [-0.2, -0.15) is 9.61 Å². The molecule has 0 saturated heterocycles. The zero-order valence-corrected chi connectivity index (χ0v) is 15.5. The molecule has 2 heterocycles. The van der Waals surface area contributed by atoms with Crippen molar-refractivity contribution >= 4 is 22.2 Å². The van der Waals surface area contributed by atoms with Crippen molar-refractivity contribution in [3.63, 3.8) is 0 Å². The number of hydrogen-bond acceptors (Lipinski definition) is 5. The molecule has 1 saturated carbocycles. The van der Waals surface area contributed by atoms with E-state index in [4.69, 9.17) is 0 Å². The van der Waals surface area contributed by atoms with Crippen LogP contribution in [0, 0.1) is 18.7 Å². The fraction of sp³-hybridized carbons (Fsp3) is 0.227. The first-order chi connectivity index (χ1) is 14.0. The summed E-state index contributed by atoms with van der Waals surface area (Å²) < 4.78 is 16.7. The maximum atomic E-state index is 15.1. The van der Waals surface area contributed by atoms with Gasteiger partial charge >= 0.3 is 0 Å². The lowest BCUT2D eigenvalue weighted by Gasteiger charge is -2.19. The quantitative estimate of drug-likeness (QED) is 0.500. The summed E-state index contributed by atoms with van der Waals surface area (Å²) >= 11 is 0. The number of aromatic nitrogens is 3. The maximum Gasteiger partial charge on any atom is 0.157 e. The van der Waals surface area contributed by atoms with Gasteiger partial charge in [-0.15, -0.1) is 0 Å². The van der Waals surface area contributed by atoms with Gasteiger partial charge in [0.15, 0.2) is 5.65 Å². The van der Waals surface area contributed by atoms with E-state index in [-0.39, 0.29) is 17.8 Å². The molecule has 1 radical (unpaired) electrons. The first kappa shape index (κ1) is 18.0. The van der Waals surface area contributed by atoms with Crippen LogP contribution in [0.3, 0.4) is 0 Å². The van der Waals surface area contributed by atoms with Crippen molar-refractivity contribution < 1.29 is 14.6 Å². The molecule has 1 fully saturated rings. The number of rotatable bonds is 3. The van der Waals surface area contributed by atoms with E-state index in [9.17, 15) is 10.2 Å². The van der Waals surface area contributed by atoms with E-state index in [1.165, 1.54) is 0 Å². The van der Waals surface area contributed by atoms with Gasteiger partial charge in [0.25, 0.3) is 0 Å². The van der Waals surface area contributed by atoms with E-state index in [1.54, 1.807) is 41.0 Å². The van der Waals surface area contributed by atoms with E-state index >= 15 is 4.39 Å². The molecule has 0 unspecified atom stereocenters. The standard InChI is InChI=1S/C22H20FN4O2/c1-12-10-17(22(29)21(12)28)25-18-8-9-24-19-11-16(26-27(18)19)15-7-6-13-4-2-3-5-14(13)20(15)23/h2-9,11-12,17,21-22,25,28-29H,1,10H2/t12-,17-,21-,22+/m1/s1. The van der Waals surface area contributed by atoms with Crippen LogP contribution in [-0.4, -0.2) is 43.1 Å². The minimum atomic E-state index is -0.923. The van der Waals surface area contributed by atoms with Gasteiger partial charge in [-0.25, -0.2) is 9.37 Å². The molecule has 2 aromatic heterocycles. The Morgan fingerprint density at radius 3 is 2.72 bits per heavy atom. The lowest BCUT2D eigenvalue weighted by molar-refractivity contribution is 0.0256. The molecule has 4 atom stereocenters. The molecular formula is C22H20FN4O2. The largest absolute Gasteiger partial charge is 0.390 e. The van der Waals surface area contributed by atoms with E-state index < -0.39 is 12.2 Å². The van der Waals surface area contributed by atoms with Crippen molar-refractivity contribution in [2.45, 2.75) is 24.7 Å². The van der Waals surface area contributed by atoms with Crippen LogP contribution in [0.1, 0.15) is 6.42 Å². The number of aliphatic hydroxyl groups excluding tert-OH is 2. The summed E-state index contributed by atoms with van der Waals surface area (Å²) in [7, 11) is 0. The number of nitrogens with one attached hydrogen (secondary N) is 1. The normalized spacial score (nSPS) is 24.4.